The summed E-state index contributed by atoms with van der Waals surface area (Å²) in [7, 11) is 0. The van der Waals surface area contributed by atoms with Crippen LogP contribution < -0.4 is 4.74 Å². The molecule has 1 N–H and O–H groups in total. The van der Waals surface area contributed by atoms with Crippen LogP contribution in [0.4, 0.5) is 0 Å². The number of hydrogen-bond donors (Lipinski definition) is 1. The van der Waals surface area contributed by atoms with Crippen LogP contribution in [0, 0.1) is 0 Å². The fourth-order valence-electron chi connectivity index (χ4n) is 2.03. The van der Waals surface area contributed by atoms with Crippen molar-refractivity contribution in [3.05, 3.63) is 78.5 Å². The van der Waals surface area contributed by atoms with E-state index in [1.165, 1.54) is 5.56 Å². The standard InChI is InChI=1S/C18H15NO2/c20-13-14-6-11-18(19-12-14)21-17-9-7-16(8-10-17)15-4-2-1-3-5-15/h1-12,20H,13H2. The third-order valence-electron chi connectivity index (χ3n) is 3.16. The van der Waals surface area contributed by atoms with Crippen LogP contribution in [0.2, 0.25) is 0 Å². The Bertz CT molecular complexity index is 692. The van der Waals surface area contributed by atoms with E-state index in [1.807, 2.05) is 42.5 Å². The van der Waals surface area contributed by atoms with Gasteiger partial charge in [-0.25, -0.2) is 4.98 Å². The Labute approximate surface area is 123 Å². The summed E-state index contributed by atoms with van der Waals surface area (Å²) in [6.45, 7) is -0.0148. The van der Waals surface area contributed by atoms with Crippen molar-refractivity contribution in [2.75, 3.05) is 0 Å². The van der Waals surface area contributed by atoms with E-state index in [0.717, 1.165) is 16.9 Å². The van der Waals surface area contributed by atoms with E-state index in [-0.39, 0.29) is 6.61 Å². The Morgan fingerprint density at radius 2 is 1.52 bits per heavy atom. The molecule has 0 spiro atoms. The third-order valence-corrected chi connectivity index (χ3v) is 3.16. The van der Waals surface area contributed by atoms with Crippen molar-refractivity contribution in [1.29, 1.82) is 0 Å². The normalized spacial score (nSPS) is 10.3. The summed E-state index contributed by atoms with van der Waals surface area (Å²) in [6, 6.07) is 21.6. The van der Waals surface area contributed by atoms with Gasteiger partial charge in [-0.1, -0.05) is 42.5 Å². The number of rotatable bonds is 4. The fraction of sp³-hybridized carbons (Fsp3) is 0.0556. The monoisotopic (exact) mass is 277 g/mol. The molecule has 0 saturated carbocycles. The maximum atomic E-state index is 8.98. The van der Waals surface area contributed by atoms with E-state index in [1.54, 1.807) is 18.3 Å². The van der Waals surface area contributed by atoms with Gasteiger partial charge in [-0.15, -0.1) is 0 Å². The highest BCUT2D eigenvalue weighted by Gasteiger charge is 2.01. The molecule has 1 aromatic heterocycles. The molecule has 1 heterocycles. The lowest BCUT2D eigenvalue weighted by molar-refractivity contribution is 0.281. The van der Waals surface area contributed by atoms with Crippen LogP contribution in [0.1, 0.15) is 5.56 Å². The number of nitrogens with zero attached hydrogens (tertiary/aromatic N) is 1. The zero-order valence-electron chi connectivity index (χ0n) is 11.4. The van der Waals surface area contributed by atoms with Crippen LogP contribution in [-0.2, 0) is 6.61 Å². The van der Waals surface area contributed by atoms with Gasteiger partial charge in [0.2, 0.25) is 5.88 Å². The summed E-state index contributed by atoms with van der Waals surface area (Å²) in [5.41, 5.74) is 3.09. The SMILES string of the molecule is OCc1ccc(Oc2ccc(-c3ccccc3)cc2)nc1. The molecule has 0 radical (unpaired) electrons. The van der Waals surface area contributed by atoms with Crippen molar-refractivity contribution >= 4 is 0 Å². The predicted molar refractivity (Wildman–Crippen MR) is 82.1 cm³/mol. The Hall–Kier alpha value is -2.65. The van der Waals surface area contributed by atoms with Crippen LogP contribution in [0.15, 0.2) is 72.9 Å². The molecule has 0 amide bonds. The van der Waals surface area contributed by atoms with Gasteiger partial charge in [-0.3, -0.25) is 0 Å². The van der Waals surface area contributed by atoms with Crippen molar-refractivity contribution in [1.82, 2.24) is 4.98 Å². The quantitative estimate of drug-likeness (QED) is 0.782. The minimum Gasteiger partial charge on any atom is -0.439 e. The van der Waals surface area contributed by atoms with Gasteiger partial charge in [0.25, 0.3) is 0 Å². The first-order chi connectivity index (χ1) is 10.3. The zero-order chi connectivity index (χ0) is 14.5. The van der Waals surface area contributed by atoms with Gasteiger partial charge in [0.05, 0.1) is 6.61 Å². The van der Waals surface area contributed by atoms with Crippen LogP contribution in [0.5, 0.6) is 11.6 Å². The van der Waals surface area contributed by atoms with E-state index in [0.29, 0.717) is 5.88 Å². The Morgan fingerprint density at radius 1 is 0.810 bits per heavy atom. The zero-order valence-corrected chi connectivity index (χ0v) is 11.4. The minimum atomic E-state index is -0.0148. The highest BCUT2D eigenvalue weighted by Crippen LogP contribution is 2.24. The minimum absolute atomic E-state index is 0.0148. The lowest BCUT2D eigenvalue weighted by Gasteiger charge is -2.06. The molecule has 0 aliphatic carbocycles. The Morgan fingerprint density at radius 3 is 2.14 bits per heavy atom. The van der Waals surface area contributed by atoms with Crippen LogP contribution in [-0.4, -0.2) is 10.1 Å². The number of aliphatic hydroxyl groups is 1. The maximum Gasteiger partial charge on any atom is 0.219 e. The second-order valence-corrected chi connectivity index (χ2v) is 4.66. The second-order valence-electron chi connectivity index (χ2n) is 4.66. The third kappa shape index (κ3) is 3.27. The first-order valence-corrected chi connectivity index (χ1v) is 6.74. The molecule has 3 nitrogen and oxygen atoms in total. The summed E-state index contributed by atoms with van der Waals surface area (Å²) in [5, 5.41) is 8.98. The summed E-state index contributed by atoms with van der Waals surface area (Å²) < 4.78 is 5.68. The second kappa shape index (κ2) is 6.20. The van der Waals surface area contributed by atoms with Gasteiger partial charge in [0, 0.05) is 12.3 Å². The van der Waals surface area contributed by atoms with Crippen molar-refractivity contribution < 1.29 is 9.84 Å². The molecular weight excluding hydrogens is 262 g/mol. The number of benzene rings is 2. The van der Waals surface area contributed by atoms with E-state index in [4.69, 9.17) is 9.84 Å². The van der Waals surface area contributed by atoms with E-state index in [9.17, 15) is 0 Å². The fourth-order valence-corrected chi connectivity index (χ4v) is 2.03. The molecule has 0 aliphatic rings. The first kappa shape index (κ1) is 13.3. The van der Waals surface area contributed by atoms with Gasteiger partial charge in [0.1, 0.15) is 5.75 Å². The largest absolute Gasteiger partial charge is 0.439 e. The molecule has 0 unspecified atom stereocenters. The summed E-state index contributed by atoms with van der Waals surface area (Å²) in [6.07, 6.45) is 1.60. The van der Waals surface area contributed by atoms with Crippen molar-refractivity contribution in [2.45, 2.75) is 6.61 Å². The molecule has 0 fully saturated rings. The highest BCUT2D eigenvalue weighted by molar-refractivity contribution is 5.63. The Kier molecular flexibility index (Phi) is 3.94. The number of pyridine rings is 1. The van der Waals surface area contributed by atoms with E-state index in [2.05, 4.69) is 17.1 Å². The molecule has 0 aliphatic heterocycles. The van der Waals surface area contributed by atoms with Crippen LogP contribution in [0.25, 0.3) is 11.1 Å². The van der Waals surface area contributed by atoms with Gasteiger partial charge in [-0.2, -0.15) is 0 Å². The maximum absolute atomic E-state index is 8.98. The molecule has 0 atom stereocenters. The van der Waals surface area contributed by atoms with E-state index < -0.39 is 0 Å². The summed E-state index contributed by atoms with van der Waals surface area (Å²) in [5.74, 6) is 1.25. The van der Waals surface area contributed by atoms with E-state index >= 15 is 0 Å². The number of ether oxygens (including phenoxy) is 1. The molecular formula is C18H15NO2. The lowest BCUT2D eigenvalue weighted by atomic mass is 10.1. The molecule has 3 aromatic rings. The molecule has 3 rings (SSSR count). The van der Waals surface area contributed by atoms with Gasteiger partial charge >= 0.3 is 0 Å². The molecule has 0 saturated heterocycles. The smallest absolute Gasteiger partial charge is 0.219 e. The topological polar surface area (TPSA) is 42.4 Å². The first-order valence-electron chi connectivity index (χ1n) is 6.74. The molecule has 3 heteroatoms. The number of aromatic nitrogens is 1. The average molecular weight is 277 g/mol. The van der Waals surface area contributed by atoms with Gasteiger partial charge in [0.15, 0.2) is 0 Å². The molecule has 0 bridgehead atoms. The van der Waals surface area contributed by atoms with Crippen molar-refractivity contribution in [2.24, 2.45) is 0 Å². The Balaban J connectivity index is 1.75. The van der Waals surface area contributed by atoms with Crippen molar-refractivity contribution in [3.63, 3.8) is 0 Å². The molecule has 21 heavy (non-hydrogen) atoms. The average Bonchev–Trinajstić information content (AvgIpc) is 2.57. The van der Waals surface area contributed by atoms with Gasteiger partial charge < -0.3 is 9.84 Å². The molecule has 2 aromatic carbocycles. The summed E-state index contributed by atoms with van der Waals surface area (Å²) in [4.78, 5) is 4.14. The van der Waals surface area contributed by atoms with Crippen LogP contribution in [0.3, 0.4) is 0 Å². The van der Waals surface area contributed by atoms with Gasteiger partial charge in [-0.05, 0) is 34.9 Å². The molecule has 104 valence electrons. The summed E-state index contributed by atoms with van der Waals surface area (Å²) >= 11 is 0. The number of aliphatic hydroxyl groups excluding tert-OH is 1. The van der Waals surface area contributed by atoms with Crippen LogP contribution >= 0.6 is 0 Å². The highest BCUT2D eigenvalue weighted by atomic mass is 16.5. The lowest BCUT2D eigenvalue weighted by Crippen LogP contribution is -1.90. The predicted octanol–water partition coefficient (Wildman–Crippen LogP) is 4.03. The van der Waals surface area contributed by atoms with Crippen molar-refractivity contribution in [3.8, 4) is 22.8 Å². The number of hydrogen-bond acceptors (Lipinski definition) is 3.